The van der Waals surface area contributed by atoms with Gasteiger partial charge in [-0.1, -0.05) is 5.16 Å². The van der Waals surface area contributed by atoms with Gasteiger partial charge in [-0.05, 0) is 37.8 Å². The van der Waals surface area contributed by atoms with E-state index in [0.717, 1.165) is 36.7 Å². The van der Waals surface area contributed by atoms with Crippen molar-refractivity contribution in [3.8, 4) is 11.5 Å². The van der Waals surface area contributed by atoms with Gasteiger partial charge in [0, 0.05) is 50.7 Å². The average molecular weight is 338 g/mol. The molecule has 7 heteroatoms. The fraction of sp³-hybridized carbons (Fsp3) is 0.444. The number of rotatable bonds is 4. The topological polar surface area (TPSA) is 72.9 Å². The van der Waals surface area contributed by atoms with Crippen LogP contribution < -0.4 is 4.90 Å². The van der Waals surface area contributed by atoms with E-state index in [9.17, 15) is 0 Å². The summed E-state index contributed by atoms with van der Waals surface area (Å²) in [6.07, 6.45) is 9.09. The first-order chi connectivity index (χ1) is 12.2. The standard InChI is InChI=1S/C18H22N6O/c1-13-21-18(25-22-13)15-5-6-19-17(11-15)24-8-3-4-14(12-24)10-16-20-7-9-23(16)2/h5-7,9,11,14H,3-4,8,10,12H2,1-2H3/t14-/m0/s1. The molecule has 0 radical (unpaired) electrons. The molecule has 4 rings (SSSR count). The van der Waals surface area contributed by atoms with Gasteiger partial charge in [0.2, 0.25) is 0 Å². The molecule has 1 fully saturated rings. The van der Waals surface area contributed by atoms with E-state index in [2.05, 4.69) is 36.6 Å². The Balaban J connectivity index is 1.50. The van der Waals surface area contributed by atoms with Crippen LogP contribution in [0.3, 0.4) is 0 Å². The Kier molecular flexibility index (Phi) is 4.21. The predicted molar refractivity (Wildman–Crippen MR) is 94.1 cm³/mol. The van der Waals surface area contributed by atoms with Crippen LogP contribution in [0.25, 0.3) is 11.5 Å². The molecule has 25 heavy (non-hydrogen) atoms. The molecule has 1 atom stereocenters. The van der Waals surface area contributed by atoms with Crippen molar-refractivity contribution < 1.29 is 4.52 Å². The molecule has 1 aliphatic rings. The second-order valence-corrected chi connectivity index (χ2v) is 6.66. The lowest BCUT2D eigenvalue weighted by Crippen LogP contribution is -2.37. The first kappa shape index (κ1) is 15.8. The van der Waals surface area contributed by atoms with E-state index in [-0.39, 0.29) is 0 Å². The molecule has 0 N–H and O–H groups in total. The number of pyridine rings is 1. The second kappa shape index (κ2) is 6.66. The summed E-state index contributed by atoms with van der Waals surface area (Å²) in [5, 5.41) is 3.87. The summed E-state index contributed by atoms with van der Waals surface area (Å²) in [4.78, 5) is 15.7. The molecule has 0 saturated carbocycles. The van der Waals surface area contributed by atoms with Crippen molar-refractivity contribution in [2.24, 2.45) is 13.0 Å². The molecule has 0 amide bonds. The lowest BCUT2D eigenvalue weighted by atomic mass is 9.94. The van der Waals surface area contributed by atoms with Crippen molar-refractivity contribution in [2.75, 3.05) is 18.0 Å². The number of aryl methyl sites for hydroxylation is 2. The minimum absolute atomic E-state index is 0.544. The van der Waals surface area contributed by atoms with Crippen molar-refractivity contribution in [1.82, 2.24) is 24.7 Å². The zero-order valence-electron chi connectivity index (χ0n) is 14.6. The number of piperidine rings is 1. The summed E-state index contributed by atoms with van der Waals surface area (Å²) < 4.78 is 7.39. The van der Waals surface area contributed by atoms with Gasteiger partial charge in [-0.25, -0.2) is 9.97 Å². The second-order valence-electron chi connectivity index (χ2n) is 6.66. The Labute approximate surface area is 146 Å². The van der Waals surface area contributed by atoms with E-state index in [4.69, 9.17) is 4.52 Å². The van der Waals surface area contributed by atoms with Gasteiger partial charge >= 0.3 is 0 Å². The number of hydrogen-bond acceptors (Lipinski definition) is 6. The van der Waals surface area contributed by atoms with Gasteiger partial charge in [-0.15, -0.1) is 0 Å². The van der Waals surface area contributed by atoms with Gasteiger partial charge in [0.15, 0.2) is 5.82 Å². The lowest BCUT2D eigenvalue weighted by molar-refractivity contribution is 0.401. The minimum atomic E-state index is 0.544. The molecule has 3 aromatic heterocycles. The summed E-state index contributed by atoms with van der Waals surface area (Å²) >= 11 is 0. The van der Waals surface area contributed by atoms with Gasteiger partial charge in [-0.3, -0.25) is 0 Å². The highest BCUT2D eigenvalue weighted by molar-refractivity contribution is 5.58. The summed E-state index contributed by atoms with van der Waals surface area (Å²) in [6.45, 7) is 3.84. The molecule has 3 aromatic rings. The smallest absolute Gasteiger partial charge is 0.258 e. The third-order valence-corrected chi connectivity index (χ3v) is 4.76. The van der Waals surface area contributed by atoms with Crippen LogP contribution in [0.4, 0.5) is 5.82 Å². The maximum Gasteiger partial charge on any atom is 0.258 e. The molecule has 0 spiro atoms. The molecule has 1 aliphatic heterocycles. The molecular formula is C18H22N6O. The zero-order chi connectivity index (χ0) is 17.2. The number of aromatic nitrogens is 5. The number of nitrogens with zero attached hydrogens (tertiary/aromatic N) is 6. The monoisotopic (exact) mass is 338 g/mol. The van der Waals surface area contributed by atoms with Crippen molar-refractivity contribution >= 4 is 5.82 Å². The molecule has 0 aromatic carbocycles. The Hall–Kier alpha value is -2.70. The largest absolute Gasteiger partial charge is 0.356 e. The SMILES string of the molecule is Cc1noc(-c2ccnc(N3CCC[C@@H](Cc4nccn4C)C3)c2)n1. The maximum atomic E-state index is 5.28. The van der Waals surface area contributed by atoms with Crippen LogP contribution in [-0.4, -0.2) is 37.8 Å². The summed E-state index contributed by atoms with van der Waals surface area (Å²) in [5.41, 5.74) is 0.914. The molecule has 7 nitrogen and oxygen atoms in total. The van der Waals surface area contributed by atoms with E-state index >= 15 is 0 Å². The van der Waals surface area contributed by atoms with Crippen molar-refractivity contribution in [1.29, 1.82) is 0 Å². The van der Waals surface area contributed by atoms with E-state index < -0.39 is 0 Å². The molecule has 0 unspecified atom stereocenters. The van der Waals surface area contributed by atoms with Crippen molar-refractivity contribution in [2.45, 2.75) is 26.2 Å². The van der Waals surface area contributed by atoms with Gasteiger partial charge in [0.05, 0.1) is 0 Å². The lowest BCUT2D eigenvalue weighted by Gasteiger charge is -2.33. The normalized spacial score (nSPS) is 17.8. The zero-order valence-corrected chi connectivity index (χ0v) is 14.6. The van der Waals surface area contributed by atoms with Crippen molar-refractivity contribution in [3.05, 3.63) is 42.4 Å². The predicted octanol–water partition coefficient (Wildman–Crippen LogP) is 2.63. The maximum absolute atomic E-state index is 5.28. The molecular weight excluding hydrogens is 316 g/mol. The number of hydrogen-bond donors (Lipinski definition) is 0. The first-order valence-corrected chi connectivity index (χ1v) is 8.67. The highest BCUT2D eigenvalue weighted by Crippen LogP contribution is 2.26. The van der Waals surface area contributed by atoms with Crippen LogP contribution in [0, 0.1) is 12.8 Å². The van der Waals surface area contributed by atoms with E-state index in [1.807, 2.05) is 37.6 Å². The Morgan fingerprint density at radius 3 is 2.96 bits per heavy atom. The third kappa shape index (κ3) is 3.40. The molecule has 4 heterocycles. The van der Waals surface area contributed by atoms with Crippen LogP contribution >= 0.6 is 0 Å². The summed E-state index contributed by atoms with van der Waals surface area (Å²) in [5.74, 6) is 3.89. The van der Waals surface area contributed by atoms with Gasteiger partial charge < -0.3 is 14.0 Å². The van der Waals surface area contributed by atoms with E-state index in [0.29, 0.717) is 17.6 Å². The Morgan fingerprint density at radius 2 is 2.20 bits per heavy atom. The molecule has 130 valence electrons. The van der Waals surface area contributed by atoms with Gasteiger partial charge in [0.1, 0.15) is 11.6 Å². The highest BCUT2D eigenvalue weighted by Gasteiger charge is 2.23. The van der Waals surface area contributed by atoms with Crippen LogP contribution in [0.5, 0.6) is 0 Å². The van der Waals surface area contributed by atoms with Crippen LogP contribution in [0.2, 0.25) is 0 Å². The highest BCUT2D eigenvalue weighted by atomic mass is 16.5. The van der Waals surface area contributed by atoms with Crippen LogP contribution in [0.15, 0.2) is 35.2 Å². The van der Waals surface area contributed by atoms with Gasteiger partial charge in [0.25, 0.3) is 5.89 Å². The van der Waals surface area contributed by atoms with E-state index in [1.165, 1.54) is 12.8 Å². The summed E-state index contributed by atoms with van der Waals surface area (Å²) in [7, 11) is 2.06. The Bertz CT molecular complexity index is 855. The minimum Gasteiger partial charge on any atom is -0.356 e. The number of anilines is 1. The molecule has 0 aliphatic carbocycles. The fourth-order valence-corrected chi connectivity index (χ4v) is 3.43. The summed E-state index contributed by atoms with van der Waals surface area (Å²) in [6, 6.07) is 3.95. The molecule has 1 saturated heterocycles. The first-order valence-electron chi connectivity index (χ1n) is 8.67. The Morgan fingerprint density at radius 1 is 1.28 bits per heavy atom. The molecule has 0 bridgehead atoms. The van der Waals surface area contributed by atoms with E-state index in [1.54, 1.807) is 0 Å². The third-order valence-electron chi connectivity index (χ3n) is 4.76. The number of imidazole rings is 1. The quantitative estimate of drug-likeness (QED) is 0.728. The average Bonchev–Trinajstić information content (AvgIpc) is 3.24. The van der Waals surface area contributed by atoms with Gasteiger partial charge in [-0.2, -0.15) is 4.98 Å². The van der Waals surface area contributed by atoms with Crippen molar-refractivity contribution in [3.63, 3.8) is 0 Å². The van der Waals surface area contributed by atoms with Crippen LogP contribution in [0.1, 0.15) is 24.5 Å². The fourth-order valence-electron chi connectivity index (χ4n) is 3.43. The van der Waals surface area contributed by atoms with Crippen LogP contribution in [-0.2, 0) is 13.5 Å².